The normalized spacial score (nSPS) is 12.6. The van der Waals surface area contributed by atoms with E-state index in [0.29, 0.717) is 31.9 Å². The van der Waals surface area contributed by atoms with Gasteiger partial charge in [0.05, 0.1) is 25.6 Å². The molecule has 0 unspecified atom stereocenters. The van der Waals surface area contributed by atoms with Gasteiger partial charge in [-0.25, -0.2) is 0 Å². The smallest absolute Gasteiger partial charge is 0.272 e. The van der Waals surface area contributed by atoms with Crippen LogP contribution in [-0.4, -0.2) is 46.0 Å². The molecular weight excluding hydrogens is 440 g/mol. The van der Waals surface area contributed by atoms with Crippen LogP contribution < -0.4 is 20.6 Å². The van der Waals surface area contributed by atoms with Gasteiger partial charge in [-0.2, -0.15) is 5.10 Å². The Hall–Kier alpha value is -4.10. The maximum atomic E-state index is 13.1. The van der Waals surface area contributed by atoms with Crippen LogP contribution >= 0.6 is 0 Å². The fraction of sp³-hybridized carbons (Fsp3) is 0.214. The van der Waals surface area contributed by atoms with E-state index in [1.807, 2.05) is 54.7 Å². The van der Waals surface area contributed by atoms with Crippen molar-refractivity contribution in [3.05, 3.63) is 94.1 Å². The SMILES string of the molecule is COc1ccc(CN2C=c3c(C(=O)NCc4ccccc4)nn(CCO)c3=CC2)c2ccccc12. The first-order chi connectivity index (χ1) is 17.2. The van der Waals surface area contributed by atoms with E-state index in [-0.39, 0.29) is 12.5 Å². The molecule has 5 rings (SSSR count). The summed E-state index contributed by atoms with van der Waals surface area (Å²) >= 11 is 0. The average molecular weight is 469 g/mol. The average Bonchev–Trinajstić information content (AvgIpc) is 3.26. The summed E-state index contributed by atoms with van der Waals surface area (Å²) < 4.78 is 7.25. The third-order valence-electron chi connectivity index (χ3n) is 6.25. The predicted octanol–water partition coefficient (Wildman–Crippen LogP) is 2.00. The number of benzene rings is 3. The molecule has 0 fully saturated rings. The molecule has 2 heterocycles. The Labute approximate surface area is 203 Å². The molecule has 0 atom stereocenters. The van der Waals surface area contributed by atoms with Gasteiger partial charge in [-0.15, -0.1) is 0 Å². The number of aromatic nitrogens is 2. The molecule has 0 bridgehead atoms. The molecule has 35 heavy (non-hydrogen) atoms. The van der Waals surface area contributed by atoms with Gasteiger partial charge in [0, 0.05) is 36.4 Å². The van der Waals surface area contributed by atoms with Crippen molar-refractivity contribution in [3.63, 3.8) is 0 Å². The minimum absolute atomic E-state index is 0.0470. The van der Waals surface area contributed by atoms with Crippen LogP contribution in [0.2, 0.25) is 0 Å². The quantitative estimate of drug-likeness (QED) is 0.414. The van der Waals surface area contributed by atoms with Crippen molar-refractivity contribution in [1.29, 1.82) is 0 Å². The highest BCUT2D eigenvalue weighted by atomic mass is 16.5. The van der Waals surface area contributed by atoms with E-state index in [1.54, 1.807) is 11.8 Å². The molecule has 7 nitrogen and oxygen atoms in total. The highest BCUT2D eigenvalue weighted by Gasteiger charge is 2.19. The molecule has 0 saturated heterocycles. The molecule has 2 N–H and O–H groups in total. The third-order valence-corrected chi connectivity index (χ3v) is 6.25. The minimum atomic E-state index is -0.233. The molecule has 0 aliphatic carbocycles. The number of amides is 1. The number of aliphatic hydroxyl groups excluding tert-OH is 1. The number of nitrogens with one attached hydrogen (secondary N) is 1. The molecule has 3 aromatic carbocycles. The number of hydrogen-bond acceptors (Lipinski definition) is 5. The zero-order valence-corrected chi connectivity index (χ0v) is 19.6. The van der Waals surface area contributed by atoms with E-state index in [2.05, 4.69) is 39.6 Å². The molecule has 0 radical (unpaired) electrons. The fourth-order valence-electron chi connectivity index (χ4n) is 4.54. The summed E-state index contributed by atoms with van der Waals surface area (Å²) in [6.45, 7) is 2.06. The van der Waals surface area contributed by atoms with Crippen molar-refractivity contribution in [2.24, 2.45) is 0 Å². The van der Waals surface area contributed by atoms with Gasteiger partial charge in [0.25, 0.3) is 5.91 Å². The van der Waals surface area contributed by atoms with Crippen molar-refractivity contribution >= 4 is 29.0 Å². The Bertz CT molecular complexity index is 1480. The van der Waals surface area contributed by atoms with E-state index in [0.717, 1.165) is 32.7 Å². The van der Waals surface area contributed by atoms with Gasteiger partial charge in [-0.1, -0.05) is 60.7 Å². The van der Waals surface area contributed by atoms with Crippen LogP contribution in [0.15, 0.2) is 66.7 Å². The highest BCUT2D eigenvalue weighted by molar-refractivity contribution is 5.93. The van der Waals surface area contributed by atoms with Crippen LogP contribution in [0.5, 0.6) is 5.75 Å². The van der Waals surface area contributed by atoms with Crippen LogP contribution in [0.1, 0.15) is 21.6 Å². The number of methoxy groups -OCH3 is 1. The summed E-state index contributed by atoms with van der Waals surface area (Å²) in [6.07, 6.45) is 4.07. The lowest BCUT2D eigenvalue weighted by atomic mass is 10.0. The van der Waals surface area contributed by atoms with Gasteiger partial charge in [-0.05, 0) is 28.7 Å². The highest BCUT2D eigenvalue weighted by Crippen LogP contribution is 2.29. The molecule has 178 valence electrons. The first-order valence-corrected chi connectivity index (χ1v) is 11.7. The topological polar surface area (TPSA) is 79.6 Å². The van der Waals surface area contributed by atoms with Crippen molar-refractivity contribution in [2.45, 2.75) is 19.6 Å². The molecule has 1 aliphatic rings. The summed E-state index contributed by atoms with van der Waals surface area (Å²) in [6, 6.07) is 22.1. The number of aliphatic hydroxyl groups is 1. The Kier molecular flexibility index (Phi) is 6.50. The number of carbonyl (C=O) groups is 1. The van der Waals surface area contributed by atoms with Gasteiger partial charge in [-0.3, -0.25) is 9.48 Å². The van der Waals surface area contributed by atoms with E-state index in [1.165, 1.54) is 5.56 Å². The molecule has 1 aromatic heterocycles. The zero-order valence-electron chi connectivity index (χ0n) is 19.6. The van der Waals surface area contributed by atoms with Crippen molar-refractivity contribution in [3.8, 4) is 5.75 Å². The van der Waals surface area contributed by atoms with Crippen LogP contribution in [-0.2, 0) is 19.6 Å². The van der Waals surface area contributed by atoms with E-state index >= 15 is 0 Å². The van der Waals surface area contributed by atoms with Crippen LogP contribution in [0.3, 0.4) is 0 Å². The monoisotopic (exact) mass is 468 g/mol. The first kappa shape index (κ1) is 22.7. The zero-order chi connectivity index (χ0) is 24.2. The maximum absolute atomic E-state index is 13.1. The largest absolute Gasteiger partial charge is 0.496 e. The fourth-order valence-corrected chi connectivity index (χ4v) is 4.54. The maximum Gasteiger partial charge on any atom is 0.272 e. The van der Waals surface area contributed by atoms with E-state index < -0.39 is 0 Å². The molecule has 4 aromatic rings. The van der Waals surface area contributed by atoms with Gasteiger partial charge in [0.1, 0.15) is 5.75 Å². The van der Waals surface area contributed by atoms with Crippen molar-refractivity contribution in [2.75, 3.05) is 20.3 Å². The molecular formula is C28H28N4O3. The second kappa shape index (κ2) is 10.0. The summed E-state index contributed by atoms with van der Waals surface area (Å²) in [5, 5.41) is 20.9. The summed E-state index contributed by atoms with van der Waals surface area (Å²) in [4.78, 5) is 15.3. The molecule has 7 heteroatoms. The number of nitrogens with zero attached hydrogens (tertiary/aromatic N) is 3. The second-order valence-corrected chi connectivity index (χ2v) is 8.50. The van der Waals surface area contributed by atoms with Gasteiger partial charge in [0.15, 0.2) is 5.69 Å². The molecule has 0 spiro atoms. The Morgan fingerprint density at radius 3 is 2.60 bits per heavy atom. The minimum Gasteiger partial charge on any atom is -0.496 e. The Morgan fingerprint density at radius 2 is 1.83 bits per heavy atom. The lowest BCUT2D eigenvalue weighted by Gasteiger charge is -2.22. The van der Waals surface area contributed by atoms with Crippen LogP contribution in [0, 0.1) is 0 Å². The van der Waals surface area contributed by atoms with Gasteiger partial charge < -0.3 is 20.1 Å². The van der Waals surface area contributed by atoms with E-state index in [9.17, 15) is 9.90 Å². The second-order valence-electron chi connectivity index (χ2n) is 8.50. The molecule has 0 saturated carbocycles. The number of hydrogen-bond donors (Lipinski definition) is 2. The molecule has 1 aliphatic heterocycles. The molecule has 1 amide bonds. The van der Waals surface area contributed by atoms with Crippen molar-refractivity contribution < 1.29 is 14.6 Å². The number of rotatable bonds is 8. The van der Waals surface area contributed by atoms with Gasteiger partial charge in [0.2, 0.25) is 0 Å². The number of fused-ring (bicyclic) bond motifs is 2. The first-order valence-electron chi connectivity index (χ1n) is 11.7. The lowest BCUT2D eigenvalue weighted by Crippen LogP contribution is -2.40. The summed E-state index contributed by atoms with van der Waals surface area (Å²) in [7, 11) is 1.69. The van der Waals surface area contributed by atoms with Crippen LogP contribution in [0.4, 0.5) is 0 Å². The number of carbonyl (C=O) groups excluding carboxylic acids is 1. The third kappa shape index (κ3) is 4.63. The summed E-state index contributed by atoms with van der Waals surface area (Å²) in [5.74, 6) is 0.617. The van der Waals surface area contributed by atoms with E-state index in [4.69, 9.17) is 4.74 Å². The summed E-state index contributed by atoms with van der Waals surface area (Å²) in [5.41, 5.74) is 2.56. The van der Waals surface area contributed by atoms with Crippen LogP contribution in [0.25, 0.3) is 23.0 Å². The standard InChI is InChI=1S/C28H28N4O3/c1-35-26-12-11-21(22-9-5-6-10-23(22)26)18-31-14-13-25-24(19-31)27(30-32(25)15-16-33)28(34)29-17-20-7-3-2-4-8-20/h2-13,19,33H,14-18H2,1H3,(H,29,34). The predicted molar refractivity (Wildman–Crippen MR) is 136 cm³/mol. The number of ether oxygens (including phenoxy) is 1. The Balaban J connectivity index is 1.46. The lowest BCUT2D eigenvalue weighted by molar-refractivity contribution is 0.0943. The Morgan fingerprint density at radius 1 is 1.06 bits per heavy atom. The van der Waals surface area contributed by atoms with Gasteiger partial charge >= 0.3 is 0 Å². The van der Waals surface area contributed by atoms with Crippen molar-refractivity contribution in [1.82, 2.24) is 20.0 Å².